The Morgan fingerprint density at radius 3 is 2.53 bits per heavy atom. The summed E-state index contributed by atoms with van der Waals surface area (Å²) < 4.78 is 2.09. The number of hydrogen-bond acceptors (Lipinski definition) is 1. The Hall–Kier alpha value is -2.01. The van der Waals surface area contributed by atoms with Crippen molar-refractivity contribution in [1.82, 2.24) is 4.57 Å². The first-order valence-corrected chi connectivity index (χ1v) is 5.89. The van der Waals surface area contributed by atoms with Crippen molar-refractivity contribution in [3.63, 3.8) is 0 Å². The number of nitriles is 1. The van der Waals surface area contributed by atoms with Crippen LogP contribution in [0, 0.1) is 18.3 Å². The van der Waals surface area contributed by atoms with Crippen LogP contribution in [0.2, 0.25) is 0 Å². The molecule has 0 saturated heterocycles. The molecule has 1 heterocycles. The predicted molar refractivity (Wildman–Crippen MR) is 68.8 cm³/mol. The number of hydrogen-bond donors (Lipinski definition) is 0. The van der Waals surface area contributed by atoms with Crippen molar-refractivity contribution in [1.29, 1.82) is 5.26 Å². The fraction of sp³-hybridized carbons (Fsp3) is 0.267. The summed E-state index contributed by atoms with van der Waals surface area (Å²) in [6.45, 7) is 4.92. The molecule has 17 heavy (non-hydrogen) atoms. The number of nitrogens with zero attached hydrogens (tertiary/aromatic N) is 2. The Bertz CT molecular complexity index is 544. The standard InChI is InChI=1S/C15H16N2/c1-3-14-9-12(2)17(15(14)10-16)11-13-7-5-4-6-8-13/h4-9H,3,11H2,1-2H3. The number of rotatable bonds is 3. The van der Waals surface area contributed by atoms with Crippen LogP contribution in [0.15, 0.2) is 36.4 Å². The average molecular weight is 224 g/mol. The van der Waals surface area contributed by atoms with Crippen LogP contribution in [0.25, 0.3) is 0 Å². The van der Waals surface area contributed by atoms with E-state index < -0.39 is 0 Å². The van der Waals surface area contributed by atoms with Crippen LogP contribution in [-0.2, 0) is 13.0 Å². The Kier molecular flexibility index (Phi) is 3.30. The van der Waals surface area contributed by atoms with Crippen LogP contribution in [0.5, 0.6) is 0 Å². The minimum atomic E-state index is 0.773. The van der Waals surface area contributed by atoms with Crippen molar-refractivity contribution in [2.24, 2.45) is 0 Å². The quantitative estimate of drug-likeness (QED) is 0.786. The number of aromatic nitrogens is 1. The maximum absolute atomic E-state index is 9.25. The van der Waals surface area contributed by atoms with Gasteiger partial charge in [0.15, 0.2) is 0 Å². The summed E-state index contributed by atoms with van der Waals surface area (Å²) in [7, 11) is 0. The molecule has 86 valence electrons. The van der Waals surface area contributed by atoms with Gasteiger partial charge in [0, 0.05) is 12.2 Å². The largest absolute Gasteiger partial charge is 0.332 e. The van der Waals surface area contributed by atoms with Crippen LogP contribution in [-0.4, -0.2) is 4.57 Å². The minimum absolute atomic E-state index is 0.773. The lowest BCUT2D eigenvalue weighted by atomic mass is 10.2. The molecule has 0 unspecified atom stereocenters. The van der Waals surface area contributed by atoms with Gasteiger partial charge in [0.05, 0.1) is 0 Å². The van der Waals surface area contributed by atoms with Gasteiger partial charge < -0.3 is 4.57 Å². The Morgan fingerprint density at radius 2 is 1.94 bits per heavy atom. The zero-order valence-electron chi connectivity index (χ0n) is 10.3. The molecule has 0 atom stereocenters. The summed E-state index contributed by atoms with van der Waals surface area (Å²) in [6.07, 6.45) is 0.908. The molecule has 2 heteroatoms. The monoisotopic (exact) mass is 224 g/mol. The summed E-state index contributed by atoms with van der Waals surface area (Å²) in [5, 5.41) is 9.25. The topological polar surface area (TPSA) is 28.7 Å². The van der Waals surface area contributed by atoms with Crippen LogP contribution in [0.1, 0.15) is 29.4 Å². The molecule has 0 fully saturated rings. The van der Waals surface area contributed by atoms with Crippen molar-refractivity contribution in [2.75, 3.05) is 0 Å². The predicted octanol–water partition coefficient (Wildman–Crippen LogP) is 3.28. The van der Waals surface area contributed by atoms with Crippen LogP contribution < -0.4 is 0 Å². The van der Waals surface area contributed by atoms with Gasteiger partial charge in [-0.3, -0.25) is 0 Å². The van der Waals surface area contributed by atoms with E-state index in [1.54, 1.807) is 0 Å². The van der Waals surface area contributed by atoms with E-state index in [0.29, 0.717) is 0 Å². The van der Waals surface area contributed by atoms with Gasteiger partial charge in [-0.05, 0) is 30.5 Å². The van der Waals surface area contributed by atoms with Gasteiger partial charge in [-0.15, -0.1) is 0 Å². The maximum Gasteiger partial charge on any atom is 0.123 e. The molecule has 0 amide bonds. The van der Waals surface area contributed by atoms with E-state index in [0.717, 1.165) is 29.9 Å². The second-order valence-electron chi connectivity index (χ2n) is 4.20. The molecule has 1 aromatic heterocycles. The summed E-state index contributed by atoms with van der Waals surface area (Å²) in [6, 6.07) is 14.7. The smallest absolute Gasteiger partial charge is 0.123 e. The fourth-order valence-electron chi connectivity index (χ4n) is 2.12. The van der Waals surface area contributed by atoms with Gasteiger partial charge in [-0.25, -0.2) is 0 Å². The highest BCUT2D eigenvalue weighted by Gasteiger charge is 2.10. The zero-order valence-corrected chi connectivity index (χ0v) is 10.3. The van der Waals surface area contributed by atoms with Gasteiger partial charge in [0.2, 0.25) is 0 Å². The molecule has 1 aromatic carbocycles. The molecule has 2 nitrogen and oxygen atoms in total. The highest BCUT2D eigenvalue weighted by atomic mass is 15.0. The van der Waals surface area contributed by atoms with E-state index in [1.807, 2.05) is 18.2 Å². The van der Waals surface area contributed by atoms with E-state index in [-0.39, 0.29) is 0 Å². The Balaban J connectivity index is 2.40. The number of aryl methyl sites for hydroxylation is 2. The zero-order chi connectivity index (χ0) is 12.3. The van der Waals surface area contributed by atoms with Gasteiger partial charge in [-0.2, -0.15) is 5.26 Å². The van der Waals surface area contributed by atoms with Crippen molar-refractivity contribution < 1.29 is 0 Å². The van der Waals surface area contributed by atoms with E-state index in [4.69, 9.17) is 0 Å². The van der Waals surface area contributed by atoms with E-state index in [9.17, 15) is 5.26 Å². The molecule has 0 aliphatic carbocycles. The van der Waals surface area contributed by atoms with Gasteiger partial charge in [0.1, 0.15) is 11.8 Å². The molecule has 2 rings (SSSR count). The fourth-order valence-corrected chi connectivity index (χ4v) is 2.12. The third kappa shape index (κ3) is 2.24. The highest BCUT2D eigenvalue weighted by Crippen LogP contribution is 2.17. The van der Waals surface area contributed by atoms with Gasteiger partial charge in [0.25, 0.3) is 0 Å². The molecule has 0 spiro atoms. The van der Waals surface area contributed by atoms with E-state index in [1.165, 1.54) is 5.56 Å². The summed E-state index contributed by atoms with van der Waals surface area (Å²) in [4.78, 5) is 0. The lowest BCUT2D eigenvalue weighted by molar-refractivity contribution is 0.761. The van der Waals surface area contributed by atoms with Gasteiger partial charge in [-0.1, -0.05) is 37.3 Å². The molecule has 0 saturated carbocycles. The van der Waals surface area contributed by atoms with Crippen LogP contribution in [0.3, 0.4) is 0 Å². The molecule has 0 N–H and O–H groups in total. The Morgan fingerprint density at radius 1 is 1.24 bits per heavy atom. The van der Waals surface area contributed by atoms with Crippen LogP contribution in [0.4, 0.5) is 0 Å². The maximum atomic E-state index is 9.25. The normalized spacial score (nSPS) is 10.2. The third-order valence-corrected chi connectivity index (χ3v) is 3.05. The van der Waals surface area contributed by atoms with Gasteiger partial charge >= 0.3 is 0 Å². The van der Waals surface area contributed by atoms with Crippen molar-refractivity contribution in [2.45, 2.75) is 26.8 Å². The molecule has 0 bridgehead atoms. The molecule has 0 radical (unpaired) electrons. The minimum Gasteiger partial charge on any atom is -0.332 e. The second kappa shape index (κ2) is 4.88. The first-order valence-electron chi connectivity index (χ1n) is 5.89. The first-order chi connectivity index (χ1) is 8.26. The summed E-state index contributed by atoms with van der Waals surface area (Å²) in [5.41, 5.74) is 4.32. The summed E-state index contributed by atoms with van der Waals surface area (Å²) >= 11 is 0. The Labute approximate surface area is 102 Å². The van der Waals surface area contributed by atoms with E-state index >= 15 is 0 Å². The molecular weight excluding hydrogens is 208 g/mol. The SMILES string of the molecule is CCc1cc(C)n(Cc2ccccc2)c1C#N. The molecular formula is C15H16N2. The van der Waals surface area contributed by atoms with Crippen molar-refractivity contribution >= 4 is 0 Å². The molecule has 0 aliphatic heterocycles. The molecule has 0 aliphatic rings. The van der Waals surface area contributed by atoms with E-state index in [2.05, 4.69) is 42.7 Å². The molecule has 2 aromatic rings. The number of benzene rings is 1. The lowest BCUT2D eigenvalue weighted by Gasteiger charge is -2.08. The highest BCUT2D eigenvalue weighted by molar-refractivity contribution is 5.37. The first kappa shape index (κ1) is 11.5. The van der Waals surface area contributed by atoms with Crippen molar-refractivity contribution in [3.05, 3.63) is 58.9 Å². The van der Waals surface area contributed by atoms with Crippen LogP contribution >= 0.6 is 0 Å². The van der Waals surface area contributed by atoms with Crippen molar-refractivity contribution in [3.8, 4) is 6.07 Å². The lowest BCUT2D eigenvalue weighted by Crippen LogP contribution is -2.04. The second-order valence-corrected chi connectivity index (χ2v) is 4.20. The average Bonchev–Trinajstić information content (AvgIpc) is 2.67. The summed E-state index contributed by atoms with van der Waals surface area (Å²) in [5.74, 6) is 0. The third-order valence-electron chi connectivity index (χ3n) is 3.05.